The van der Waals surface area contributed by atoms with Crippen molar-refractivity contribution >= 4 is 47.4 Å². The van der Waals surface area contributed by atoms with E-state index in [1.54, 1.807) is 0 Å². The molecule has 2 atom stereocenters. The number of rotatable bonds is 16. The third-order valence-electron chi connectivity index (χ3n) is 9.06. The molecule has 0 spiro atoms. The topological polar surface area (TPSA) is 284 Å². The van der Waals surface area contributed by atoms with Crippen LogP contribution < -0.4 is 27.4 Å². The molecule has 2 aliphatic carbocycles. The van der Waals surface area contributed by atoms with Gasteiger partial charge in [-0.05, 0) is 48.9 Å². The number of aliphatic carboxylic acids is 1. The summed E-state index contributed by atoms with van der Waals surface area (Å²) in [6, 6.07) is 4.20. The lowest BCUT2D eigenvalue weighted by Gasteiger charge is -2.24. The van der Waals surface area contributed by atoms with E-state index < -0.39 is 79.2 Å². The van der Waals surface area contributed by atoms with Crippen LogP contribution in [0.4, 0.5) is 0 Å². The minimum Gasteiger partial charge on any atom is -0.480 e. The molecule has 0 radical (unpaired) electrons. The average Bonchev–Trinajstić information content (AvgIpc) is 3.91. The van der Waals surface area contributed by atoms with Gasteiger partial charge in [0.1, 0.15) is 13.1 Å². The van der Waals surface area contributed by atoms with Crippen LogP contribution in [0.15, 0.2) is 45.6 Å². The standard InChI is InChI=1S/2C18H25N3O6/c19-13(9-12-5-2-1-3-6-12)17(24)21-10-15(22)20-11-16(23)27-18(25)14-7-4-8-26-14;19-13(9-12-5-2-1-3-6-12)17(25)20-10-15(22)21(11-16(23)24)18(26)14-7-4-8-27-14/h4,7-8,12-13H,1-3,5-6,9-11,19H2,(H,20,22)(H,21,24);4,7-8,12-13H,1-3,5-6,9-11,19H2,(H,20,25)(H,23,24)/t2*13-/m00/s1. The molecule has 54 heavy (non-hydrogen) atoms. The fraction of sp³-hybridized carbons (Fsp3) is 0.556. The van der Waals surface area contributed by atoms with Crippen molar-refractivity contribution in [2.45, 2.75) is 89.1 Å². The summed E-state index contributed by atoms with van der Waals surface area (Å²) in [6.45, 7) is -2.16. The fourth-order valence-electron chi connectivity index (χ4n) is 6.23. The van der Waals surface area contributed by atoms with Crippen molar-refractivity contribution in [3.63, 3.8) is 0 Å². The first-order valence-corrected chi connectivity index (χ1v) is 18.1. The molecule has 18 heteroatoms. The number of hydrogen-bond donors (Lipinski definition) is 6. The number of esters is 2. The Hall–Kier alpha value is -5.36. The van der Waals surface area contributed by atoms with Gasteiger partial charge in [-0.3, -0.25) is 33.7 Å². The second-order valence-electron chi connectivity index (χ2n) is 13.3. The van der Waals surface area contributed by atoms with Crippen molar-refractivity contribution in [2.75, 3.05) is 26.2 Å². The third kappa shape index (κ3) is 15.3. The van der Waals surface area contributed by atoms with Crippen molar-refractivity contribution in [1.29, 1.82) is 0 Å². The average molecular weight is 759 g/mol. The Morgan fingerprint density at radius 2 is 1.22 bits per heavy atom. The third-order valence-corrected chi connectivity index (χ3v) is 9.06. The molecule has 0 bridgehead atoms. The zero-order chi connectivity index (χ0) is 39.5. The lowest BCUT2D eigenvalue weighted by molar-refractivity contribution is -0.142. The highest BCUT2D eigenvalue weighted by molar-refractivity contribution is 6.06. The minimum absolute atomic E-state index is 0.117. The second kappa shape index (κ2) is 22.7. The van der Waals surface area contributed by atoms with Crippen molar-refractivity contribution in [3.8, 4) is 0 Å². The molecular weight excluding hydrogens is 708 g/mol. The number of hydrogen-bond acceptors (Lipinski definition) is 13. The summed E-state index contributed by atoms with van der Waals surface area (Å²) < 4.78 is 14.2. The highest BCUT2D eigenvalue weighted by Crippen LogP contribution is 2.27. The molecule has 296 valence electrons. The van der Waals surface area contributed by atoms with Crippen LogP contribution in [-0.2, 0) is 33.5 Å². The van der Waals surface area contributed by atoms with Crippen LogP contribution >= 0.6 is 0 Å². The first kappa shape index (κ1) is 43.0. The Labute approximate surface area is 312 Å². The van der Waals surface area contributed by atoms with E-state index in [0.717, 1.165) is 38.5 Å². The Kier molecular flexibility index (Phi) is 18.1. The zero-order valence-electron chi connectivity index (χ0n) is 30.1. The van der Waals surface area contributed by atoms with Crippen LogP contribution in [0.5, 0.6) is 0 Å². The Bertz CT molecular complexity index is 1550. The largest absolute Gasteiger partial charge is 0.480 e. The Morgan fingerprint density at radius 3 is 1.70 bits per heavy atom. The maximum atomic E-state index is 12.3. The molecule has 0 aromatic carbocycles. The second-order valence-corrected chi connectivity index (χ2v) is 13.3. The molecule has 4 rings (SSSR count). The van der Waals surface area contributed by atoms with Crippen LogP contribution in [-0.4, -0.2) is 95.7 Å². The smallest absolute Gasteiger partial charge is 0.381 e. The van der Waals surface area contributed by atoms with E-state index in [0.29, 0.717) is 29.6 Å². The molecule has 0 saturated heterocycles. The molecule has 5 amide bonds. The van der Waals surface area contributed by atoms with Gasteiger partial charge >= 0.3 is 17.9 Å². The van der Waals surface area contributed by atoms with Gasteiger partial charge in [-0.15, -0.1) is 0 Å². The lowest BCUT2D eigenvalue weighted by Crippen LogP contribution is -2.49. The Morgan fingerprint density at radius 1 is 0.722 bits per heavy atom. The first-order valence-electron chi connectivity index (χ1n) is 18.1. The first-order chi connectivity index (χ1) is 25.8. The van der Waals surface area contributed by atoms with Crippen molar-refractivity contribution in [2.24, 2.45) is 23.3 Å². The molecule has 2 saturated carbocycles. The molecule has 2 aromatic rings. The molecule has 2 heterocycles. The van der Waals surface area contributed by atoms with Crippen LogP contribution in [0, 0.1) is 11.8 Å². The zero-order valence-corrected chi connectivity index (χ0v) is 30.1. The van der Waals surface area contributed by atoms with Crippen molar-refractivity contribution in [3.05, 3.63) is 48.3 Å². The summed E-state index contributed by atoms with van der Waals surface area (Å²) in [7, 11) is 0. The number of carbonyl (C=O) groups is 8. The lowest BCUT2D eigenvalue weighted by atomic mass is 9.85. The van der Waals surface area contributed by atoms with Crippen LogP contribution in [0.3, 0.4) is 0 Å². The molecule has 0 unspecified atom stereocenters. The minimum atomic E-state index is -1.36. The summed E-state index contributed by atoms with van der Waals surface area (Å²) in [6.07, 6.45) is 15.0. The van der Waals surface area contributed by atoms with Gasteiger partial charge in [0.25, 0.3) is 5.91 Å². The van der Waals surface area contributed by atoms with E-state index in [4.69, 9.17) is 25.4 Å². The van der Waals surface area contributed by atoms with Gasteiger partial charge in [-0.25, -0.2) is 9.59 Å². The normalized spacial score (nSPS) is 15.7. The molecular formula is C36H50N6O12. The van der Waals surface area contributed by atoms with Crippen LogP contribution in [0.1, 0.15) is 98.2 Å². The highest BCUT2D eigenvalue weighted by atomic mass is 16.6. The van der Waals surface area contributed by atoms with E-state index in [-0.39, 0.29) is 18.1 Å². The summed E-state index contributed by atoms with van der Waals surface area (Å²) in [5.41, 5.74) is 11.8. The van der Waals surface area contributed by atoms with E-state index in [2.05, 4.69) is 20.7 Å². The van der Waals surface area contributed by atoms with Crippen LogP contribution in [0.2, 0.25) is 0 Å². The Balaban J connectivity index is 0.000000290. The highest BCUT2D eigenvalue weighted by Gasteiger charge is 2.28. The molecule has 2 aromatic heterocycles. The quantitative estimate of drug-likeness (QED) is 0.104. The van der Waals surface area contributed by atoms with E-state index in [9.17, 15) is 38.4 Å². The SMILES string of the molecule is N[C@@H](CC1CCCCC1)C(=O)NCC(=O)N(CC(=O)O)C(=O)c1ccco1.N[C@@H](CC1CCCCC1)C(=O)NCC(=O)NCC(=O)OC(=O)c1ccco1. The van der Waals surface area contributed by atoms with Gasteiger partial charge in [0, 0.05) is 0 Å². The molecule has 2 fully saturated rings. The van der Waals surface area contributed by atoms with Gasteiger partial charge in [0.15, 0.2) is 5.76 Å². The number of amides is 5. The number of nitrogens with two attached hydrogens (primary N) is 2. The maximum Gasteiger partial charge on any atom is 0.381 e. The van der Waals surface area contributed by atoms with Gasteiger partial charge in [0.05, 0.1) is 37.7 Å². The number of ether oxygens (including phenoxy) is 1. The summed E-state index contributed by atoms with van der Waals surface area (Å²) in [5, 5.41) is 16.0. The summed E-state index contributed by atoms with van der Waals surface area (Å²) in [5.74, 6) is -5.87. The number of nitrogens with zero attached hydrogens (tertiary/aromatic N) is 1. The number of nitrogens with one attached hydrogen (secondary N) is 3. The van der Waals surface area contributed by atoms with Gasteiger partial charge < -0.3 is 46.1 Å². The number of carbonyl (C=O) groups excluding carboxylic acids is 7. The summed E-state index contributed by atoms with van der Waals surface area (Å²) in [4.78, 5) is 94.8. The number of carboxylic acid groups (broad SMARTS) is 1. The maximum absolute atomic E-state index is 12.3. The predicted octanol–water partition coefficient (Wildman–Crippen LogP) is 1.24. The van der Waals surface area contributed by atoms with Crippen molar-refractivity contribution in [1.82, 2.24) is 20.9 Å². The number of imide groups is 1. The van der Waals surface area contributed by atoms with Crippen LogP contribution in [0.25, 0.3) is 0 Å². The molecule has 0 aliphatic heterocycles. The molecule has 8 N–H and O–H groups in total. The van der Waals surface area contributed by atoms with Crippen molar-refractivity contribution < 1.29 is 57.0 Å². The van der Waals surface area contributed by atoms with Gasteiger partial charge in [-0.2, -0.15) is 0 Å². The number of carboxylic acids is 1. The van der Waals surface area contributed by atoms with E-state index >= 15 is 0 Å². The predicted molar refractivity (Wildman–Crippen MR) is 189 cm³/mol. The monoisotopic (exact) mass is 758 g/mol. The molecule has 2 aliphatic rings. The van der Waals surface area contributed by atoms with E-state index in [1.165, 1.54) is 62.5 Å². The van der Waals surface area contributed by atoms with E-state index in [1.807, 2.05) is 0 Å². The van der Waals surface area contributed by atoms with Gasteiger partial charge in [-0.1, -0.05) is 64.2 Å². The number of furan rings is 2. The fourth-order valence-corrected chi connectivity index (χ4v) is 6.23. The van der Waals surface area contributed by atoms with Gasteiger partial charge in [0.2, 0.25) is 29.4 Å². The summed E-state index contributed by atoms with van der Waals surface area (Å²) >= 11 is 0. The molecule has 18 nitrogen and oxygen atoms in total.